The van der Waals surface area contributed by atoms with Gasteiger partial charge in [-0.2, -0.15) is 0 Å². The molecule has 4 rings (SSSR count). The summed E-state index contributed by atoms with van der Waals surface area (Å²) in [6.45, 7) is 6.49. The highest BCUT2D eigenvalue weighted by Gasteiger charge is 2.69. The van der Waals surface area contributed by atoms with Crippen molar-refractivity contribution in [2.45, 2.75) is 51.9 Å². The van der Waals surface area contributed by atoms with Crippen LogP contribution in [-0.2, 0) is 9.53 Å². The standard InChI is InChI=1S/C21H29NO3/c1-4-25-19(24)17-15-6-5-14(21(15)11-12-21)16(17)18(23)22-20(3)9-7-13(2)8-10-20/h5-9,14-17,19,24H,4,10-12H2,1-3H3,(H,22,23). The Bertz CT molecular complexity index is 660. The first-order valence-electron chi connectivity index (χ1n) is 9.56. The molecule has 6 atom stereocenters. The number of nitrogens with one attached hydrogen (secondary N) is 1. The highest BCUT2D eigenvalue weighted by Crippen LogP contribution is 2.72. The van der Waals surface area contributed by atoms with Gasteiger partial charge in [-0.25, -0.2) is 0 Å². The van der Waals surface area contributed by atoms with Crippen LogP contribution in [0.1, 0.15) is 40.0 Å². The van der Waals surface area contributed by atoms with Crippen LogP contribution >= 0.6 is 0 Å². The number of carbonyl (C=O) groups is 1. The molecule has 0 aromatic carbocycles. The fraction of sp³-hybridized carbons (Fsp3) is 0.667. The number of allylic oxidation sites excluding steroid dienone is 4. The predicted molar refractivity (Wildman–Crippen MR) is 96.5 cm³/mol. The van der Waals surface area contributed by atoms with Crippen LogP contribution in [0.2, 0.25) is 0 Å². The first-order valence-corrected chi connectivity index (χ1v) is 9.56. The molecule has 2 bridgehead atoms. The molecule has 2 saturated carbocycles. The van der Waals surface area contributed by atoms with Gasteiger partial charge in [0.2, 0.25) is 5.91 Å². The summed E-state index contributed by atoms with van der Waals surface area (Å²) in [6, 6.07) is 0. The number of hydrogen-bond acceptors (Lipinski definition) is 3. The van der Waals surface area contributed by atoms with Crippen molar-refractivity contribution in [3.05, 3.63) is 36.0 Å². The topological polar surface area (TPSA) is 58.6 Å². The summed E-state index contributed by atoms with van der Waals surface area (Å²) in [4.78, 5) is 13.3. The molecule has 136 valence electrons. The first kappa shape index (κ1) is 17.0. The number of aliphatic hydroxyl groups excluding tert-OH is 1. The molecule has 4 aliphatic rings. The van der Waals surface area contributed by atoms with Gasteiger partial charge in [0.25, 0.3) is 0 Å². The van der Waals surface area contributed by atoms with Crippen LogP contribution < -0.4 is 5.32 Å². The predicted octanol–water partition coefficient (Wildman–Crippen LogP) is 2.95. The maximum absolute atomic E-state index is 13.3. The molecule has 25 heavy (non-hydrogen) atoms. The van der Waals surface area contributed by atoms with E-state index in [2.05, 4.69) is 49.5 Å². The largest absolute Gasteiger partial charge is 0.368 e. The van der Waals surface area contributed by atoms with Gasteiger partial charge >= 0.3 is 0 Å². The van der Waals surface area contributed by atoms with Crippen molar-refractivity contribution in [2.75, 3.05) is 6.61 Å². The number of aliphatic hydroxyl groups is 1. The number of amides is 1. The number of carbonyl (C=O) groups excluding carboxylic acids is 1. The minimum atomic E-state index is -0.866. The van der Waals surface area contributed by atoms with Gasteiger partial charge in [-0.3, -0.25) is 4.79 Å². The zero-order chi connectivity index (χ0) is 17.8. The van der Waals surface area contributed by atoms with Gasteiger partial charge in [0.1, 0.15) is 0 Å². The molecule has 2 N–H and O–H groups in total. The first-order chi connectivity index (χ1) is 11.9. The normalized spacial score (nSPS) is 41.0. The molecule has 4 nitrogen and oxygen atoms in total. The van der Waals surface area contributed by atoms with Crippen molar-refractivity contribution in [1.82, 2.24) is 5.32 Å². The lowest BCUT2D eigenvalue weighted by molar-refractivity contribution is -0.158. The van der Waals surface area contributed by atoms with E-state index in [0.29, 0.717) is 6.61 Å². The highest BCUT2D eigenvalue weighted by molar-refractivity contribution is 5.82. The lowest BCUT2D eigenvalue weighted by Crippen LogP contribution is -2.51. The third kappa shape index (κ3) is 2.61. The summed E-state index contributed by atoms with van der Waals surface area (Å²) in [5, 5.41) is 13.9. The van der Waals surface area contributed by atoms with Gasteiger partial charge in [-0.1, -0.05) is 36.0 Å². The van der Waals surface area contributed by atoms with E-state index < -0.39 is 6.29 Å². The zero-order valence-corrected chi connectivity index (χ0v) is 15.4. The van der Waals surface area contributed by atoms with Crippen LogP contribution in [0.3, 0.4) is 0 Å². The number of hydrogen-bond donors (Lipinski definition) is 2. The molecule has 0 aromatic rings. The second-order valence-corrected chi connectivity index (χ2v) is 8.51. The van der Waals surface area contributed by atoms with E-state index in [0.717, 1.165) is 19.3 Å². The van der Waals surface area contributed by atoms with E-state index in [1.54, 1.807) is 0 Å². The van der Waals surface area contributed by atoms with Crippen LogP contribution in [-0.4, -0.2) is 29.4 Å². The summed E-state index contributed by atoms with van der Waals surface area (Å²) >= 11 is 0. The van der Waals surface area contributed by atoms with Gasteiger partial charge in [-0.15, -0.1) is 0 Å². The van der Waals surface area contributed by atoms with E-state index in [-0.39, 0.29) is 40.5 Å². The van der Waals surface area contributed by atoms with E-state index in [9.17, 15) is 9.90 Å². The maximum Gasteiger partial charge on any atom is 0.224 e. The third-order valence-corrected chi connectivity index (χ3v) is 6.84. The molecule has 0 heterocycles. The summed E-state index contributed by atoms with van der Waals surface area (Å²) in [5.74, 6) is 0.242. The molecule has 0 aliphatic heterocycles. The lowest BCUT2D eigenvalue weighted by Gasteiger charge is -2.35. The summed E-state index contributed by atoms with van der Waals surface area (Å²) in [6.07, 6.45) is 13.0. The Balaban J connectivity index is 1.56. The van der Waals surface area contributed by atoms with E-state index in [1.807, 2.05) is 6.92 Å². The molecule has 0 aromatic heterocycles. The van der Waals surface area contributed by atoms with Gasteiger partial charge in [0.15, 0.2) is 6.29 Å². The minimum absolute atomic E-state index is 0.0620. The number of ether oxygens (including phenoxy) is 1. The molecule has 2 fully saturated rings. The smallest absolute Gasteiger partial charge is 0.224 e. The Morgan fingerprint density at radius 3 is 2.72 bits per heavy atom. The zero-order valence-electron chi connectivity index (χ0n) is 15.4. The van der Waals surface area contributed by atoms with Crippen molar-refractivity contribution in [3.8, 4) is 0 Å². The fourth-order valence-corrected chi connectivity index (χ4v) is 5.36. The molecule has 1 spiro atoms. The minimum Gasteiger partial charge on any atom is -0.368 e. The summed E-state index contributed by atoms with van der Waals surface area (Å²) < 4.78 is 5.53. The molecular weight excluding hydrogens is 314 g/mol. The van der Waals surface area contributed by atoms with Crippen LogP contribution in [0.4, 0.5) is 0 Å². The Morgan fingerprint density at radius 2 is 2.12 bits per heavy atom. The lowest BCUT2D eigenvalue weighted by atomic mass is 9.80. The second kappa shape index (κ2) is 5.82. The fourth-order valence-electron chi connectivity index (χ4n) is 5.36. The second-order valence-electron chi connectivity index (χ2n) is 8.51. The van der Waals surface area contributed by atoms with Gasteiger partial charge in [0, 0.05) is 12.5 Å². The Labute approximate surface area is 150 Å². The Morgan fingerprint density at radius 1 is 1.40 bits per heavy atom. The van der Waals surface area contributed by atoms with Crippen molar-refractivity contribution >= 4 is 5.91 Å². The Kier molecular flexibility index (Phi) is 3.97. The van der Waals surface area contributed by atoms with E-state index >= 15 is 0 Å². The monoisotopic (exact) mass is 343 g/mol. The van der Waals surface area contributed by atoms with Gasteiger partial charge < -0.3 is 15.2 Å². The van der Waals surface area contributed by atoms with Gasteiger partial charge in [0.05, 0.1) is 11.5 Å². The highest BCUT2D eigenvalue weighted by atomic mass is 16.6. The molecular formula is C21H29NO3. The molecule has 1 amide bonds. The molecule has 4 aliphatic carbocycles. The van der Waals surface area contributed by atoms with Crippen molar-refractivity contribution in [3.63, 3.8) is 0 Å². The molecule has 6 unspecified atom stereocenters. The molecule has 4 heteroatoms. The van der Waals surface area contributed by atoms with Crippen molar-refractivity contribution in [2.24, 2.45) is 29.1 Å². The number of rotatable bonds is 5. The van der Waals surface area contributed by atoms with Crippen LogP contribution in [0.15, 0.2) is 36.0 Å². The quantitative estimate of drug-likeness (QED) is 0.596. The third-order valence-electron chi connectivity index (χ3n) is 6.84. The molecule has 0 radical (unpaired) electrons. The van der Waals surface area contributed by atoms with E-state index in [1.165, 1.54) is 5.57 Å². The Hall–Kier alpha value is -1.39. The van der Waals surface area contributed by atoms with Crippen LogP contribution in [0.25, 0.3) is 0 Å². The summed E-state index contributed by atoms with van der Waals surface area (Å²) in [5.41, 5.74) is 1.10. The van der Waals surface area contributed by atoms with Crippen LogP contribution in [0.5, 0.6) is 0 Å². The average molecular weight is 343 g/mol. The van der Waals surface area contributed by atoms with Gasteiger partial charge in [-0.05, 0) is 57.3 Å². The average Bonchev–Trinajstić information content (AvgIpc) is 3.24. The summed E-state index contributed by atoms with van der Waals surface area (Å²) in [7, 11) is 0. The SMILES string of the molecule is CCOC(O)C1C(C(=O)NC2(C)C=CC(C)=CC2)C2C=CC1C21CC1. The van der Waals surface area contributed by atoms with Crippen LogP contribution in [0, 0.1) is 29.1 Å². The van der Waals surface area contributed by atoms with E-state index in [4.69, 9.17) is 4.74 Å². The molecule has 0 saturated heterocycles. The maximum atomic E-state index is 13.3. The van der Waals surface area contributed by atoms with Crippen molar-refractivity contribution in [1.29, 1.82) is 0 Å². The van der Waals surface area contributed by atoms with Crippen molar-refractivity contribution < 1.29 is 14.6 Å².